The van der Waals surface area contributed by atoms with Crippen LogP contribution in [0.3, 0.4) is 0 Å². The first-order chi connectivity index (χ1) is 7.20. The fourth-order valence-electron chi connectivity index (χ4n) is 2.98. The van der Waals surface area contributed by atoms with Crippen LogP contribution >= 0.6 is 0 Å². The molecule has 0 saturated carbocycles. The molecule has 88 valence electrons. The molecule has 2 N–H and O–H groups in total. The standard InChI is InChI=1S/C12H24N2O/c1-9-5-6-14(12(9)7-13)8-11-4-3-10(2)15-11/h9-12H,3-8,13H2,1-2H3. The summed E-state index contributed by atoms with van der Waals surface area (Å²) in [4.78, 5) is 2.54. The van der Waals surface area contributed by atoms with Crippen molar-refractivity contribution in [1.82, 2.24) is 4.90 Å². The van der Waals surface area contributed by atoms with Crippen LogP contribution < -0.4 is 5.73 Å². The Labute approximate surface area is 93.0 Å². The van der Waals surface area contributed by atoms with Gasteiger partial charge in [-0.2, -0.15) is 0 Å². The van der Waals surface area contributed by atoms with Gasteiger partial charge >= 0.3 is 0 Å². The van der Waals surface area contributed by atoms with Gasteiger partial charge in [0.1, 0.15) is 0 Å². The third kappa shape index (κ3) is 2.52. The molecule has 2 aliphatic heterocycles. The number of ether oxygens (including phenoxy) is 1. The van der Waals surface area contributed by atoms with Gasteiger partial charge < -0.3 is 10.5 Å². The van der Waals surface area contributed by atoms with E-state index in [9.17, 15) is 0 Å². The highest BCUT2D eigenvalue weighted by atomic mass is 16.5. The minimum Gasteiger partial charge on any atom is -0.374 e. The predicted molar refractivity (Wildman–Crippen MR) is 61.8 cm³/mol. The van der Waals surface area contributed by atoms with Gasteiger partial charge in [-0.25, -0.2) is 0 Å². The van der Waals surface area contributed by atoms with Gasteiger partial charge in [0, 0.05) is 19.1 Å². The summed E-state index contributed by atoms with van der Waals surface area (Å²) in [5.74, 6) is 0.758. The fraction of sp³-hybridized carbons (Fsp3) is 1.00. The molecule has 0 spiro atoms. The Morgan fingerprint density at radius 1 is 1.27 bits per heavy atom. The first-order valence-electron chi connectivity index (χ1n) is 6.30. The van der Waals surface area contributed by atoms with Crippen LogP contribution in [-0.4, -0.2) is 42.8 Å². The number of nitrogens with zero attached hydrogens (tertiary/aromatic N) is 1. The third-order valence-electron chi connectivity index (χ3n) is 4.00. The number of likely N-dealkylation sites (tertiary alicyclic amines) is 1. The van der Waals surface area contributed by atoms with Crippen LogP contribution in [0.2, 0.25) is 0 Å². The predicted octanol–water partition coefficient (Wildman–Crippen LogP) is 1.22. The van der Waals surface area contributed by atoms with Crippen molar-refractivity contribution < 1.29 is 4.74 Å². The molecule has 3 heteroatoms. The zero-order valence-corrected chi connectivity index (χ0v) is 9.98. The molecule has 2 aliphatic rings. The lowest BCUT2D eigenvalue weighted by atomic mass is 10.0. The molecule has 0 amide bonds. The minimum atomic E-state index is 0.458. The van der Waals surface area contributed by atoms with Crippen molar-refractivity contribution in [3.63, 3.8) is 0 Å². The Kier molecular flexibility index (Phi) is 3.65. The molecule has 0 radical (unpaired) electrons. The summed E-state index contributed by atoms with van der Waals surface area (Å²) >= 11 is 0. The first kappa shape index (κ1) is 11.4. The Bertz CT molecular complexity index is 210. The number of hydrogen-bond donors (Lipinski definition) is 1. The van der Waals surface area contributed by atoms with Crippen LogP contribution in [0.25, 0.3) is 0 Å². The molecule has 2 heterocycles. The normalized spacial score (nSPS) is 42.6. The molecule has 15 heavy (non-hydrogen) atoms. The van der Waals surface area contributed by atoms with Crippen LogP contribution in [0, 0.1) is 5.92 Å². The molecule has 2 rings (SSSR count). The Morgan fingerprint density at radius 3 is 2.67 bits per heavy atom. The first-order valence-corrected chi connectivity index (χ1v) is 6.30. The quantitative estimate of drug-likeness (QED) is 0.764. The van der Waals surface area contributed by atoms with Crippen LogP contribution in [0.5, 0.6) is 0 Å². The number of hydrogen-bond acceptors (Lipinski definition) is 3. The lowest BCUT2D eigenvalue weighted by molar-refractivity contribution is 0.0278. The Morgan fingerprint density at radius 2 is 2.07 bits per heavy atom. The summed E-state index contributed by atoms with van der Waals surface area (Å²) in [5, 5.41) is 0. The highest BCUT2D eigenvalue weighted by Gasteiger charge is 2.33. The Balaban J connectivity index is 1.83. The molecule has 4 unspecified atom stereocenters. The van der Waals surface area contributed by atoms with Crippen LogP contribution in [0.15, 0.2) is 0 Å². The van der Waals surface area contributed by atoms with Crippen molar-refractivity contribution in [3.8, 4) is 0 Å². The van der Waals surface area contributed by atoms with Crippen molar-refractivity contribution in [2.75, 3.05) is 19.6 Å². The van der Waals surface area contributed by atoms with Gasteiger partial charge in [-0.1, -0.05) is 6.92 Å². The van der Waals surface area contributed by atoms with Gasteiger partial charge in [0.25, 0.3) is 0 Å². The maximum Gasteiger partial charge on any atom is 0.0706 e. The fourth-order valence-corrected chi connectivity index (χ4v) is 2.98. The number of rotatable bonds is 3. The second-order valence-electron chi connectivity index (χ2n) is 5.21. The van der Waals surface area contributed by atoms with Crippen LogP contribution in [-0.2, 0) is 4.74 Å². The molecular weight excluding hydrogens is 188 g/mol. The average Bonchev–Trinajstić information content (AvgIpc) is 2.75. The summed E-state index contributed by atoms with van der Waals surface area (Å²) < 4.78 is 5.87. The van der Waals surface area contributed by atoms with Gasteiger partial charge in [0.15, 0.2) is 0 Å². The molecule has 0 aromatic heterocycles. The summed E-state index contributed by atoms with van der Waals surface area (Å²) in [6, 6.07) is 0.588. The van der Waals surface area contributed by atoms with Gasteiger partial charge in [-0.15, -0.1) is 0 Å². The van der Waals surface area contributed by atoms with Gasteiger partial charge in [0.2, 0.25) is 0 Å². The summed E-state index contributed by atoms with van der Waals surface area (Å²) in [6.45, 7) is 7.58. The van der Waals surface area contributed by atoms with E-state index in [1.165, 1.54) is 25.8 Å². The second kappa shape index (κ2) is 4.81. The van der Waals surface area contributed by atoms with E-state index in [4.69, 9.17) is 10.5 Å². The van der Waals surface area contributed by atoms with E-state index in [1.807, 2.05) is 0 Å². The molecule has 3 nitrogen and oxygen atoms in total. The molecule has 2 saturated heterocycles. The molecule has 0 aliphatic carbocycles. The van der Waals surface area contributed by atoms with Crippen LogP contribution in [0.1, 0.15) is 33.1 Å². The molecule has 0 aromatic rings. The smallest absolute Gasteiger partial charge is 0.0706 e. The van der Waals surface area contributed by atoms with E-state index in [1.54, 1.807) is 0 Å². The lowest BCUT2D eigenvalue weighted by Gasteiger charge is -2.27. The summed E-state index contributed by atoms with van der Waals surface area (Å²) in [7, 11) is 0. The van der Waals surface area contributed by atoms with E-state index >= 15 is 0 Å². The van der Waals surface area contributed by atoms with Crippen LogP contribution in [0.4, 0.5) is 0 Å². The third-order valence-corrected chi connectivity index (χ3v) is 4.00. The maximum atomic E-state index is 5.87. The van der Waals surface area contributed by atoms with Crippen molar-refractivity contribution in [2.24, 2.45) is 11.7 Å². The SMILES string of the molecule is CC1CCC(CN2CCC(C)C2CN)O1. The van der Waals surface area contributed by atoms with Crippen molar-refractivity contribution >= 4 is 0 Å². The highest BCUT2D eigenvalue weighted by Crippen LogP contribution is 2.26. The zero-order chi connectivity index (χ0) is 10.8. The maximum absolute atomic E-state index is 5.87. The topological polar surface area (TPSA) is 38.5 Å². The zero-order valence-electron chi connectivity index (χ0n) is 9.98. The molecule has 0 bridgehead atoms. The monoisotopic (exact) mass is 212 g/mol. The molecule has 4 atom stereocenters. The van der Waals surface area contributed by atoms with E-state index in [0.717, 1.165) is 19.0 Å². The second-order valence-corrected chi connectivity index (χ2v) is 5.21. The van der Waals surface area contributed by atoms with E-state index in [2.05, 4.69) is 18.7 Å². The summed E-state index contributed by atoms with van der Waals surface area (Å²) in [5.41, 5.74) is 5.83. The van der Waals surface area contributed by atoms with Crippen molar-refractivity contribution in [2.45, 2.75) is 51.4 Å². The van der Waals surface area contributed by atoms with E-state index < -0.39 is 0 Å². The lowest BCUT2D eigenvalue weighted by Crippen LogP contribution is -2.42. The average molecular weight is 212 g/mol. The van der Waals surface area contributed by atoms with E-state index in [-0.39, 0.29) is 0 Å². The minimum absolute atomic E-state index is 0.458. The summed E-state index contributed by atoms with van der Waals surface area (Å²) in [6.07, 6.45) is 4.67. The number of nitrogens with two attached hydrogens (primary N) is 1. The van der Waals surface area contributed by atoms with Gasteiger partial charge in [0.05, 0.1) is 12.2 Å². The van der Waals surface area contributed by atoms with Crippen molar-refractivity contribution in [3.05, 3.63) is 0 Å². The molecule has 0 aromatic carbocycles. The molecule has 2 fully saturated rings. The largest absolute Gasteiger partial charge is 0.374 e. The Hall–Kier alpha value is -0.120. The van der Waals surface area contributed by atoms with Gasteiger partial charge in [-0.3, -0.25) is 4.90 Å². The highest BCUT2D eigenvalue weighted by molar-refractivity contribution is 4.87. The van der Waals surface area contributed by atoms with Gasteiger partial charge in [-0.05, 0) is 38.6 Å². The molecular formula is C12H24N2O. The van der Waals surface area contributed by atoms with E-state index in [0.29, 0.717) is 18.2 Å². The van der Waals surface area contributed by atoms with Crippen molar-refractivity contribution in [1.29, 1.82) is 0 Å².